The van der Waals surface area contributed by atoms with E-state index in [1.54, 1.807) is 11.6 Å². The van der Waals surface area contributed by atoms with Gasteiger partial charge in [-0.25, -0.2) is 0 Å². The van der Waals surface area contributed by atoms with Crippen molar-refractivity contribution in [2.45, 2.75) is 149 Å². The molecular formula is C36H62O3Si2. The predicted octanol–water partition coefficient (Wildman–Crippen LogP) is 10.6. The zero-order chi connectivity index (χ0) is 31.0. The van der Waals surface area contributed by atoms with Crippen molar-refractivity contribution in [3.8, 4) is 0 Å². The SMILES string of the molecule is C=C1/C(=C\C=C2/CCC[C@]3(C)[C@@H]([C@@H](C)/C=C/C=O)CC[C@@H]23)C[C@@H](O[Si](C)(C)C(C)(C)C)C[C@@H]1O[Si](C)(C)C(C)(C)C. The van der Waals surface area contributed by atoms with Crippen molar-refractivity contribution >= 4 is 22.9 Å². The van der Waals surface area contributed by atoms with Crippen LogP contribution in [0.25, 0.3) is 0 Å². The molecule has 0 N–H and O–H groups in total. The van der Waals surface area contributed by atoms with Gasteiger partial charge in [-0.05, 0) is 115 Å². The average molecular weight is 599 g/mol. The summed E-state index contributed by atoms with van der Waals surface area (Å²) >= 11 is 0. The number of hydrogen-bond acceptors (Lipinski definition) is 3. The third-order valence-corrected chi connectivity index (χ3v) is 20.9. The summed E-state index contributed by atoms with van der Waals surface area (Å²) in [7, 11) is -3.90. The van der Waals surface area contributed by atoms with Crippen molar-refractivity contribution in [1.29, 1.82) is 0 Å². The Kier molecular flexibility index (Phi) is 10.5. The summed E-state index contributed by atoms with van der Waals surface area (Å²) in [5, 5.41) is 0.322. The first-order chi connectivity index (χ1) is 18.7. The minimum Gasteiger partial charge on any atom is -0.413 e. The maximum atomic E-state index is 11.0. The van der Waals surface area contributed by atoms with Gasteiger partial charge in [0.15, 0.2) is 16.6 Å². The van der Waals surface area contributed by atoms with Crippen molar-refractivity contribution in [2.75, 3.05) is 0 Å². The van der Waals surface area contributed by atoms with E-state index in [9.17, 15) is 4.79 Å². The van der Waals surface area contributed by atoms with Crippen molar-refractivity contribution < 1.29 is 13.6 Å². The van der Waals surface area contributed by atoms with Gasteiger partial charge in [0.25, 0.3) is 0 Å². The Hall–Kier alpha value is -1.02. The molecule has 0 radical (unpaired) electrons. The third-order valence-electron chi connectivity index (χ3n) is 11.9. The van der Waals surface area contributed by atoms with E-state index in [-0.39, 0.29) is 22.3 Å². The van der Waals surface area contributed by atoms with Crippen molar-refractivity contribution in [2.24, 2.45) is 23.2 Å². The van der Waals surface area contributed by atoms with Gasteiger partial charge in [-0.1, -0.05) is 85.8 Å². The number of carbonyl (C=O) groups is 1. The fourth-order valence-electron chi connectivity index (χ4n) is 7.26. The summed E-state index contributed by atoms with van der Waals surface area (Å²) < 4.78 is 14.1. The molecule has 0 heterocycles. The van der Waals surface area contributed by atoms with Gasteiger partial charge in [0.05, 0.1) is 12.2 Å². The van der Waals surface area contributed by atoms with Crippen molar-refractivity contribution in [3.05, 3.63) is 47.6 Å². The molecule has 0 aromatic carbocycles. The molecule has 3 rings (SSSR count). The van der Waals surface area contributed by atoms with Crippen molar-refractivity contribution in [3.63, 3.8) is 0 Å². The smallest absolute Gasteiger partial charge is 0.192 e. The number of aldehydes is 1. The first-order valence-electron chi connectivity index (χ1n) is 16.3. The zero-order valence-corrected chi connectivity index (χ0v) is 30.7. The Bertz CT molecular complexity index is 1050. The van der Waals surface area contributed by atoms with Crippen LogP contribution in [0.3, 0.4) is 0 Å². The molecule has 0 aromatic rings. The van der Waals surface area contributed by atoms with Gasteiger partial charge >= 0.3 is 0 Å². The molecule has 0 aliphatic heterocycles. The lowest BCUT2D eigenvalue weighted by Gasteiger charge is -2.45. The van der Waals surface area contributed by atoms with Crippen LogP contribution in [0.2, 0.25) is 36.3 Å². The molecule has 0 saturated heterocycles. The van der Waals surface area contributed by atoms with Gasteiger partial charge in [-0.15, -0.1) is 0 Å². The lowest BCUT2D eigenvalue weighted by Crippen LogP contribution is -2.49. The molecule has 0 spiro atoms. The molecule has 5 heteroatoms. The molecule has 41 heavy (non-hydrogen) atoms. The van der Waals surface area contributed by atoms with Gasteiger partial charge < -0.3 is 8.85 Å². The number of carbonyl (C=O) groups excluding carboxylic acids is 1. The van der Waals surface area contributed by atoms with Crippen molar-refractivity contribution in [1.82, 2.24) is 0 Å². The highest BCUT2D eigenvalue weighted by molar-refractivity contribution is 6.74. The lowest BCUT2D eigenvalue weighted by molar-refractivity contribution is -0.104. The second-order valence-corrected chi connectivity index (χ2v) is 26.3. The van der Waals surface area contributed by atoms with E-state index in [1.807, 2.05) is 0 Å². The topological polar surface area (TPSA) is 35.5 Å². The highest BCUT2D eigenvalue weighted by Gasteiger charge is 2.50. The Balaban J connectivity index is 1.92. The molecular weight excluding hydrogens is 537 g/mol. The monoisotopic (exact) mass is 598 g/mol. The van der Waals surface area contributed by atoms with Gasteiger partial charge in [0, 0.05) is 6.42 Å². The van der Waals surface area contributed by atoms with E-state index in [0.717, 1.165) is 24.7 Å². The minimum absolute atomic E-state index is 0.0157. The molecule has 6 atom stereocenters. The molecule has 0 bridgehead atoms. The van der Waals surface area contributed by atoms with Crippen LogP contribution >= 0.6 is 0 Å². The van der Waals surface area contributed by atoms with Crippen LogP contribution in [-0.4, -0.2) is 35.1 Å². The van der Waals surface area contributed by atoms with Gasteiger partial charge in [0.2, 0.25) is 0 Å². The number of fused-ring (bicyclic) bond motifs is 1. The lowest BCUT2D eigenvalue weighted by atomic mass is 9.61. The second-order valence-electron chi connectivity index (χ2n) is 16.7. The van der Waals surface area contributed by atoms with E-state index in [0.29, 0.717) is 23.2 Å². The molecule has 3 aliphatic rings. The summed E-state index contributed by atoms with van der Waals surface area (Å²) in [5.41, 5.74) is 4.40. The zero-order valence-electron chi connectivity index (χ0n) is 28.7. The maximum Gasteiger partial charge on any atom is 0.192 e. The fraction of sp³-hybridized carbons (Fsp3) is 0.750. The summed E-state index contributed by atoms with van der Waals surface area (Å²) in [6, 6.07) is 0. The van der Waals surface area contributed by atoms with Gasteiger partial charge in [-0.3, -0.25) is 4.79 Å². The number of rotatable bonds is 8. The Labute approximate surface area is 255 Å². The highest BCUT2D eigenvalue weighted by Crippen LogP contribution is 2.59. The normalized spacial score (nSPS) is 33.0. The molecule has 3 fully saturated rings. The van der Waals surface area contributed by atoms with Gasteiger partial charge in [-0.2, -0.15) is 0 Å². The second kappa shape index (κ2) is 12.5. The van der Waals surface area contributed by atoms with Crippen LogP contribution < -0.4 is 0 Å². The molecule has 232 valence electrons. The fourth-order valence-corrected chi connectivity index (χ4v) is 9.93. The summed E-state index contributed by atoms with van der Waals surface area (Å²) in [5.74, 6) is 1.70. The number of allylic oxidation sites excluding steroid dienone is 5. The Morgan fingerprint density at radius 3 is 2.17 bits per heavy atom. The first-order valence-corrected chi connectivity index (χ1v) is 22.1. The molecule has 3 saturated carbocycles. The van der Waals surface area contributed by atoms with Crippen LogP contribution in [0.1, 0.15) is 100 Å². The average Bonchev–Trinajstić information content (AvgIpc) is 3.19. The van der Waals surface area contributed by atoms with Crippen LogP contribution in [0, 0.1) is 23.2 Å². The van der Waals surface area contributed by atoms with E-state index < -0.39 is 16.6 Å². The Morgan fingerprint density at radius 2 is 1.59 bits per heavy atom. The first kappa shape index (κ1) is 34.5. The third kappa shape index (κ3) is 7.56. The summed E-state index contributed by atoms with van der Waals surface area (Å²) in [6.45, 7) is 32.9. The van der Waals surface area contributed by atoms with Crippen LogP contribution in [0.5, 0.6) is 0 Å². The van der Waals surface area contributed by atoms with E-state index >= 15 is 0 Å². The molecule has 3 aliphatic carbocycles. The molecule has 3 nitrogen and oxygen atoms in total. The molecule has 0 unspecified atom stereocenters. The van der Waals surface area contributed by atoms with E-state index in [2.05, 4.69) is 106 Å². The minimum atomic E-state index is -1.97. The highest BCUT2D eigenvalue weighted by atomic mass is 28.4. The van der Waals surface area contributed by atoms with Crippen LogP contribution in [-0.2, 0) is 13.6 Å². The Morgan fingerprint density at radius 1 is 0.976 bits per heavy atom. The van der Waals surface area contributed by atoms with Gasteiger partial charge in [0.1, 0.15) is 6.29 Å². The standard InChI is InChI=1S/C36H62O3Si2/c1-26(16-15-23-37)31-20-21-32-28(17-14-22-36(31,32)9)18-19-29-24-30(38-40(10,11)34(3,4)5)25-33(27(29)2)39-41(12,13)35(6,7)8/h15-16,18-19,23,26,30-33H,2,14,17,20-22,24-25H2,1,3-13H3/b16-15+,28-18+,29-19-/t26-,30+,31+,32-,33-,36+/m0/s1. The number of hydrogen-bond donors (Lipinski definition) is 0. The molecule has 0 amide bonds. The van der Waals surface area contributed by atoms with E-state index in [4.69, 9.17) is 8.85 Å². The quantitative estimate of drug-likeness (QED) is 0.158. The van der Waals surface area contributed by atoms with Crippen LogP contribution in [0.15, 0.2) is 47.6 Å². The van der Waals surface area contributed by atoms with Crippen LogP contribution in [0.4, 0.5) is 0 Å². The largest absolute Gasteiger partial charge is 0.413 e. The maximum absolute atomic E-state index is 11.0. The molecule has 0 aromatic heterocycles. The predicted molar refractivity (Wildman–Crippen MR) is 181 cm³/mol. The summed E-state index contributed by atoms with van der Waals surface area (Å²) in [6.07, 6.45) is 17.8. The summed E-state index contributed by atoms with van der Waals surface area (Å²) in [4.78, 5) is 11.0. The van der Waals surface area contributed by atoms with E-state index in [1.165, 1.54) is 37.7 Å².